The van der Waals surface area contributed by atoms with E-state index in [-0.39, 0.29) is 12.4 Å². The fourth-order valence-corrected chi connectivity index (χ4v) is 0.753. The highest BCUT2D eigenvalue weighted by atomic mass is 35.5. The van der Waals surface area contributed by atoms with E-state index in [4.69, 9.17) is 0 Å². The molecule has 4 heteroatoms. The summed E-state index contributed by atoms with van der Waals surface area (Å²) in [6, 6.07) is 0. The van der Waals surface area contributed by atoms with Gasteiger partial charge in [-0.2, -0.15) is 5.01 Å². The van der Waals surface area contributed by atoms with E-state index >= 15 is 0 Å². The van der Waals surface area contributed by atoms with Gasteiger partial charge in [-0.3, -0.25) is 0 Å². The Morgan fingerprint density at radius 3 is 2.67 bits per heavy atom. The molecule has 0 aromatic carbocycles. The second-order valence-electron chi connectivity index (χ2n) is 2.08. The van der Waals surface area contributed by atoms with Gasteiger partial charge in [-0.15, -0.1) is 0 Å². The molecular weight excluding hydrogens is 138 g/mol. The number of nitrogens with zero attached hydrogens (tertiary/aromatic N) is 2. The molecule has 1 rings (SSSR count). The zero-order valence-electron chi connectivity index (χ0n) is 5.76. The smallest absolute Gasteiger partial charge is 0.177 e. The summed E-state index contributed by atoms with van der Waals surface area (Å²) in [5, 5.41) is 5.44. The molecule has 54 valence electrons. The van der Waals surface area contributed by atoms with Crippen molar-refractivity contribution in [3.8, 4) is 0 Å². The van der Waals surface area contributed by atoms with Crippen molar-refractivity contribution in [3.63, 3.8) is 0 Å². The largest absolute Gasteiger partial charge is 1.00 e. The Hall–Kier alpha value is -0.280. The molecule has 3 nitrogen and oxygen atoms in total. The summed E-state index contributed by atoms with van der Waals surface area (Å²) in [7, 11) is 2.03. The Balaban J connectivity index is 0.000000640. The van der Waals surface area contributed by atoms with Gasteiger partial charge in [0.2, 0.25) is 0 Å². The monoisotopic (exact) mass is 149 g/mol. The lowest BCUT2D eigenvalue weighted by molar-refractivity contribution is -0.905. The molecule has 1 aliphatic heterocycles. The number of hydrogen-bond acceptors (Lipinski definition) is 2. The van der Waals surface area contributed by atoms with E-state index in [2.05, 4.69) is 16.9 Å². The first kappa shape index (κ1) is 8.72. The minimum absolute atomic E-state index is 0. The lowest BCUT2D eigenvalue weighted by Gasteiger charge is -2.05. The van der Waals surface area contributed by atoms with E-state index in [0.717, 1.165) is 13.2 Å². The van der Waals surface area contributed by atoms with Gasteiger partial charge in [0, 0.05) is 7.05 Å². The van der Waals surface area contributed by atoms with Crippen molar-refractivity contribution in [2.75, 3.05) is 20.3 Å². The highest BCUT2D eigenvalue weighted by Gasteiger charge is 2.11. The third-order valence-corrected chi connectivity index (χ3v) is 1.28. The maximum Gasteiger partial charge on any atom is 0.177 e. The molecule has 0 radical (unpaired) electrons. The second kappa shape index (κ2) is 3.69. The first-order chi connectivity index (χ1) is 3.83. The quantitative estimate of drug-likeness (QED) is 0.401. The lowest BCUT2D eigenvalue weighted by Crippen LogP contribution is -3.06. The number of quaternary nitrogens is 1. The van der Waals surface area contributed by atoms with Crippen LogP contribution in [0.2, 0.25) is 0 Å². The van der Waals surface area contributed by atoms with Crippen LogP contribution in [0.3, 0.4) is 0 Å². The molecule has 1 aliphatic rings. The first-order valence-corrected chi connectivity index (χ1v) is 2.92. The molecule has 0 spiro atoms. The van der Waals surface area contributed by atoms with Crippen LogP contribution in [0.1, 0.15) is 6.92 Å². The second-order valence-corrected chi connectivity index (χ2v) is 2.08. The van der Waals surface area contributed by atoms with E-state index in [1.54, 1.807) is 0 Å². The number of hydrogen-bond donors (Lipinski definition) is 1. The number of nitrogens with one attached hydrogen (secondary N) is 1. The number of rotatable bonds is 1. The predicted octanol–water partition coefficient (Wildman–Crippen LogP) is -4.26. The average Bonchev–Trinajstić information content (AvgIpc) is 2.14. The summed E-state index contributed by atoms with van der Waals surface area (Å²) in [6.45, 7) is 4.24. The van der Waals surface area contributed by atoms with Crippen LogP contribution >= 0.6 is 0 Å². The molecular formula is C5H12ClN3. The molecule has 0 saturated carbocycles. The normalized spacial score (nSPS) is 24.2. The maximum absolute atomic E-state index is 4.15. The molecule has 0 aromatic rings. The summed E-state index contributed by atoms with van der Waals surface area (Å²) < 4.78 is 0. The van der Waals surface area contributed by atoms with Crippen molar-refractivity contribution >= 4 is 6.34 Å². The first-order valence-electron chi connectivity index (χ1n) is 2.92. The third kappa shape index (κ3) is 2.20. The summed E-state index contributed by atoms with van der Waals surface area (Å²) >= 11 is 0. The van der Waals surface area contributed by atoms with E-state index in [1.807, 2.05) is 13.4 Å². The molecule has 1 unspecified atom stereocenters. The SMILES string of the molecule is CC[NH+]1CN(C)C=N1.[Cl-]. The van der Waals surface area contributed by atoms with Gasteiger partial charge in [0.1, 0.15) is 6.54 Å². The molecule has 1 atom stereocenters. The van der Waals surface area contributed by atoms with Crippen LogP contribution in [-0.4, -0.2) is 31.5 Å². The molecule has 0 amide bonds. The van der Waals surface area contributed by atoms with Crippen molar-refractivity contribution in [2.24, 2.45) is 5.10 Å². The van der Waals surface area contributed by atoms with Crippen LogP contribution in [0.15, 0.2) is 5.10 Å². The van der Waals surface area contributed by atoms with Crippen LogP contribution in [0, 0.1) is 0 Å². The fourth-order valence-electron chi connectivity index (χ4n) is 0.753. The molecule has 1 N–H and O–H groups in total. The Morgan fingerprint density at radius 1 is 1.78 bits per heavy atom. The van der Waals surface area contributed by atoms with Crippen LogP contribution in [0.4, 0.5) is 0 Å². The zero-order valence-corrected chi connectivity index (χ0v) is 6.52. The highest BCUT2D eigenvalue weighted by Crippen LogP contribution is 1.72. The van der Waals surface area contributed by atoms with E-state index in [9.17, 15) is 0 Å². The average molecular weight is 150 g/mol. The maximum atomic E-state index is 4.15. The Morgan fingerprint density at radius 2 is 2.44 bits per heavy atom. The molecule has 0 fully saturated rings. The summed E-state index contributed by atoms with van der Waals surface area (Å²) in [4.78, 5) is 2.08. The third-order valence-electron chi connectivity index (χ3n) is 1.28. The van der Waals surface area contributed by atoms with Crippen LogP contribution in [0.25, 0.3) is 0 Å². The van der Waals surface area contributed by atoms with Gasteiger partial charge in [-0.25, -0.2) is 0 Å². The van der Waals surface area contributed by atoms with Gasteiger partial charge in [0.05, 0.1) is 0 Å². The Bertz CT molecular complexity index is 104. The summed E-state index contributed by atoms with van der Waals surface area (Å²) in [5.41, 5.74) is 0. The van der Waals surface area contributed by atoms with Crippen LogP contribution in [0.5, 0.6) is 0 Å². The molecule has 1 heterocycles. The molecule has 0 saturated heterocycles. The molecule has 9 heavy (non-hydrogen) atoms. The van der Waals surface area contributed by atoms with Gasteiger partial charge in [-0.05, 0) is 6.92 Å². The summed E-state index contributed by atoms with van der Waals surface area (Å²) in [5.74, 6) is 0. The van der Waals surface area contributed by atoms with Gasteiger partial charge in [0.25, 0.3) is 0 Å². The molecule has 0 aliphatic carbocycles. The van der Waals surface area contributed by atoms with E-state index in [1.165, 1.54) is 5.01 Å². The fraction of sp³-hybridized carbons (Fsp3) is 0.800. The highest BCUT2D eigenvalue weighted by molar-refractivity contribution is 5.53. The topological polar surface area (TPSA) is 20.0 Å². The Labute approximate surface area is 61.7 Å². The predicted molar refractivity (Wildman–Crippen MR) is 32.6 cm³/mol. The van der Waals surface area contributed by atoms with Gasteiger partial charge in [0.15, 0.2) is 13.0 Å². The molecule has 0 aromatic heterocycles. The molecule has 0 bridgehead atoms. The van der Waals surface area contributed by atoms with Crippen molar-refractivity contribution in [1.82, 2.24) is 4.90 Å². The van der Waals surface area contributed by atoms with Crippen LogP contribution in [-0.2, 0) is 0 Å². The van der Waals surface area contributed by atoms with Crippen molar-refractivity contribution < 1.29 is 17.4 Å². The lowest BCUT2D eigenvalue weighted by atomic mass is 10.7. The van der Waals surface area contributed by atoms with E-state index < -0.39 is 0 Å². The minimum atomic E-state index is 0. The zero-order chi connectivity index (χ0) is 5.98. The van der Waals surface area contributed by atoms with E-state index in [0.29, 0.717) is 0 Å². The van der Waals surface area contributed by atoms with Gasteiger partial charge >= 0.3 is 0 Å². The number of halogens is 1. The van der Waals surface area contributed by atoms with Gasteiger partial charge < -0.3 is 17.3 Å². The van der Waals surface area contributed by atoms with Crippen molar-refractivity contribution in [2.45, 2.75) is 6.92 Å². The standard InChI is InChI=1S/C5H11N3.ClH/c1-3-8-5-7(2)4-6-8;/h4H,3,5H2,1-2H3;1H. The van der Waals surface area contributed by atoms with Crippen molar-refractivity contribution in [1.29, 1.82) is 0 Å². The van der Waals surface area contributed by atoms with Gasteiger partial charge in [-0.1, -0.05) is 5.10 Å². The van der Waals surface area contributed by atoms with Crippen LogP contribution < -0.4 is 17.4 Å². The van der Waals surface area contributed by atoms with Crippen molar-refractivity contribution in [3.05, 3.63) is 0 Å². The minimum Gasteiger partial charge on any atom is -1.00 e. The summed E-state index contributed by atoms with van der Waals surface area (Å²) in [6.07, 6.45) is 1.87. The Kier molecular flexibility index (Phi) is 3.58.